The van der Waals surface area contributed by atoms with Gasteiger partial charge in [-0.3, -0.25) is 0 Å². The molecule has 3 nitrogen and oxygen atoms in total. The van der Waals surface area contributed by atoms with E-state index in [9.17, 15) is 0 Å². The molecule has 15 heavy (non-hydrogen) atoms. The number of hydrogen-bond acceptors (Lipinski definition) is 3. The first kappa shape index (κ1) is 13.2. The summed E-state index contributed by atoms with van der Waals surface area (Å²) < 4.78 is 0. The molecule has 0 aliphatic heterocycles. The summed E-state index contributed by atoms with van der Waals surface area (Å²) in [4.78, 5) is 3.81. The van der Waals surface area contributed by atoms with Crippen molar-refractivity contribution < 1.29 is 0 Å². The maximum absolute atomic E-state index is 3.81. The third-order valence-electron chi connectivity index (χ3n) is 3.12. The van der Waals surface area contributed by atoms with Crippen LogP contribution in [0.4, 0.5) is 0 Å². The monoisotopic (exact) mass is 229 g/mol. The normalized spacial score (nSPS) is 19.4. The van der Waals surface area contributed by atoms with Gasteiger partial charge >= 0.3 is 0 Å². The van der Waals surface area contributed by atoms with Crippen LogP contribution in [0.2, 0.25) is 0 Å². The van der Waals surface area contributed by atoms with E-state index in [2.05, 4.69) is 29.5 Å². The van der Waals surface area contributed by atoms with E-state index in [0.717, 1.165) is 19.1 Å². The second-order valence-corrected chi connectivity index (χ2v) is 6.04. The molecule has 3 N–H and O–H groups in total. The van der Waals surface area contributed by atoms with Crippen LogP contribution in [-0.2, 0) is 0 Å². The third-order valence-corrected chi connectivity index (χ3v) is 4.92. The molecule has 0 amide bonds. The molecule has 0 radical (unpaired) electrons. The van der Waals surface area contributed by atoms with Gasteiger partial charge in [0.1, 0.15) is 9.68 Å². The lowest BCUT2D eigenvalue weighted by molar-refractivity contribution is 0.413. The van der Waals surface area contributed by atoms with E-state index in [1.807, 2.05) is 0 Å². The molecule has 1 aliphatic rings. The van der Waals surface area contributed by atoms with Crippen LogP contribution in [0.15, 0.2) is 0 Å². The Morgan fingerprint density at radius 1 is 1.07 bits per heavy atom. The van der Waals surface area contributed by atoms with E-state index in [1.165, 1.54) is 32.1 Å². The predicted molar refractivity (Wildman–Crippen MR) is 69.7 cm³/mol. The van der Waals surface area contributed by atoms with Crippen molar-refractivity contribution in [2.24, 2.45) is 0 Å². The minimum Gasteiger partial charge on any atom is -0.337 e. The van der Waals surface area contributed by atoms with Crippen molar-refractivity contribution in [1.82, 2.24) is 15.6 Å². The lowest BCUT2D eigenvalue weighted by atomic mass is 9.96. The highest BCUT2D eigenvalue weighted by molar-refractivity contribution is 6.34. The van der Waals surface area contributed by atoms with Crippen molar-refractivity contribution in [2.75, 3.05) is 13.1 Å². The van der Waals surface area contributed by atoms with Crippen LogP contribution in [0, 0.1) is 0 Å². The molecule has 1 saturated carbocycles. The van der Waals surface area contributed by atoms with Crippen LogP contribution in [0.5, 0.6) is 0 Å². The zero-order valence-corrected chi connectivity index (χ0v) is 11.7. The maximum Gasteiger partial charge on any atom is 0.127 e. The first-order valence-corrected chi connectivity index (χ1v) is 8.09. The molecule has 90 valence electrons. The SMILES string of the molecule is CCNC(NCC)[SiH2]NC1CCCCC1. The molecule has 1 fully saturated rings. The predicted octanol–water partition coefficient (Wildman–Crippen LogP) is 0.495. The summed E-state index contributed by atoms with van der Waals surface area (Å²) in [5.74, 6) is 0.571. The zero-order chi connectivity index (χ0) is 10.9. The van der Waals surface area contributed by atoms with Crippen molar-refractivity contribution in [3.8, 4) is 0 Å². The van der Waals surface area contributed by atoms with Gasteiger partial charge in [0.25, 0.3) is 0 Å². The second-order valence-electron chi connectivity index (χ2n) is 4.41. The van der Waals surface area contributed by atoms with E-state index in [4.69, 9.17) is 0 Å². The van der Waals surface area contributed by atoms with E-state index < -0.39 is 0 Å². The van der Waals surface area contributed by atoms with E-state index >= 15 is 0 Å². The topological polar surface area (TPSA) is 36.1 Å². The summed E-state index contributed by atoms with van der Waals surface area (Å²) in [5.41, 5.74) is 0. The summed E-state index contributed by atoms with van der Waals surface area (Å²) in [5, 5.41) is 7.02. The van der Waals surface area contributed by atoms with E-state index in [0.29, 0.717) is 5.79 Å². The summed E-state index contributed by atoms with van der Waals surface area (Å²) in [7, 11) is -0.214. The standard InChI is InChI=1S/C11H27N3Si/c1-3-12-11(13-4-2)15-14-10-8-6-5-7-9-10/h10-14H,3-9,15H2,1-2H3. The number of rotatable bonds is 7. The van der Waals surface area contributed by atoms with Gasteiger partial charge < -0.3 is 15.6 Å². The van der Waals surface area contributed by atoms with Crippen LogP contribution in [0.3, 0.4) is 0 Å². The van der Waals surface area contributed by atoms with Gasteiger partial charge in [0, 0.05) is 6.04 Å². The van der Waals surface area contributed by atoms with Crippen molar-refractivity contribution in [3.05, 3.63) is 0 Å². The van der Waals surface area contributed by atoms with Crippen LogP contribution in [0.1, 0.15) is 46.0 Å². The van der Waals surface area contributed by atoms with Crippen LogP contribution >= 0.6 is 0 Å². The van der Waals surface area contributed by atoms with Crippen molar-refractivity contribution in [3.63, 3.8) is 0 Å². The largest absolute Gasteiger partial charge is 0.337 e. The average molecular weight is 229 g/mol. The number of nitrogens with one attached hydrogen (secondary N) is 3. The Labute approximate surface area is 96.7 Å². The molecule has 1 rings (SSSR count). The minimum atomic E-state index is -0.214. The lowest BCUT2D eigenvalue weighted by Crippen LogP contribution is -2.53. The Morgan fingerprint density at radius 2 is 1.67 bits per heavy atom. The molecule has 0 aromatic heterocycles. The van der Waals surface area contributed by atoms with Gasteiger partial charge in [0.2, 0.25) is 0 Å². The highest BCUT2D eigenvalue weighted by Crippen LogP contribution is 2.16. The Balaban J connectivity index is 2.13. The second kappa shape index (κ2) is 8.27. The molecule has 0 atom stereocenters. The first-order chi connectivity index (χ1) is 7.36. The van der Waals surface area contributed by atoms with Gasteiger partial charge in [0.05, 0.1) is 5.79 Å². The Hall–Kier alpha value is 0.0969. The quantitative estimate of drug-likeness (QED) is 0.439. The highest BCUT2D eigenvalue weighted by Gasteiger charge is 2.14. The van der Waals surface area contributed by atoms with E-state index in [-0.39, 0.29) is 9.68 Å². The fourth-order valence-electron chi connectivity index (χ4n) is 2.30. The van der Waals surface area contributed by atoms with Crippen molar-refractivity contribution in [1.29, 1.82) is 0 Å². The molecule has 0 aromatic carbocycles. The number of hydrogen-bond donors (Lipinski definition) is 3. The van der Waals surface area contributed by atoms with Crippen molar-refractivity contribution in [2.45, 2.75) is 57.8 Å². The highest BCUT2D eigenvalue weighted by atomic mass is 28.2. The van der Waals surface area contributed by atoms with E-state index in [1.54, 1.807) is 0 Å². The third kappa shape index (κ3) is 5.66. The molecule has 0 spiro atoms. The van der Waals surface area contributed by atoms with Crippen LogP contribution in [0.25, 0.3) is 0 Å². The lowest BCUT2D eigenvalue weighted by Gasteiger charge is -2.26. The Bertz CT molecular complexity index is 143. The van der Waals surface area contributed by atoms with Gasteiger partial charge in [-0.15, -0.1) is 0 Å². The molecule has 0 aromatic rings. The molecular weight excluding hydrogens is 202 g/mol. The summed E-state index contributed by atoms with van der Waals surface area (Å²) in [6, 6.07) is 0.824. The molecule has 1 aliphatic carbocycles. The fraction of sp³-hybridized carbons (Fsp3) is 1.00. The van der Waals surface area contributed by atoms with Crippen molar-refractivity contribution >= 4 is 9.68 Å². The van der Waals surface area contributed by atoms with Gasteiger partial charge in [-0.05, 0) is 25.9 Å². The van der Waals surface area contributed by atoms with Gasteiger partial charge in [-0.1, -0.05) is 33.1 Å². The summed E-state index contributed by atoms with van der Waals surface area (Å²) in [6.07, 6.45) is 7.11. The zero-order valence-electron chi connectivity index (χ0n) is 10.3. The summed E-state index contributed by atoms with van der Waals surface area (Å²) >= 11 is 0. The van der Waals surface area contributed by atoms with Crippen LogP contribution < -0.4 is 15.6 Å². The van der Waals surface area contributed by atoms with Gasteiger partial charge in [-0.2, -0.15) is 0 Å². The molecule has 0 heterocycles. The van der Waals surface area contributed by atoms with Gasteiger partial charge in [0.15, 0.2) is 0 Å². The summed E-state index contributed by atoms with van der Waals surface area (Å²) in [6.45, 7) is 6.49. The fourth-order valence-corrected chi connectivity index (χ4v) is 4.14. The molecule has 0 saturated heterocycles. The molecule has 0 bridgehead atoms. The first-order valence-electron chi connectivity index (χ1n) is 6.57. The van der Waals surface area contributed by atoms with Crippen LogP contribution in [-0.4, -0.2) is 34.6 Å². The molecule has 0 unspecified atom stereocenters. The molecular formula is C11H27N3Si. The smallest absolute Gasteiger partial charge is 0.127 e. The Morgan fingerprint density at radius 3 is 2.20 bits per heavy atom. The molecule has 4 heteroatoms. The van der Waals surface area contributed by atoms with Gasteiger partial charge in [-0.25, -0.2) is 0 Å². The maximum atomic E-state index is 3.81. The minimum absolute atomic E-state index is 0.214. The average Bonchev–Trinajstić information content (AvgIpc) is 2.28. The Kier molecular flexibility index (Phi) is 7.26.